The maximum atomic E-state index is 12.4. The summed E-state index contributed by atoms with van der Waals surface area (Å²) in [5, 5.41) is 13.3. The first-order valence-electron chi connectivity index (χ1n) is 7.10. The molecule has 2 rings (SSSR count). The van der Waals surface area contributed by atoms with E-state index in [0.717, 1.165) is 9.54 Å². The van der Waals surface area contributed by atoms with Gasteiger partial charge >= 0.3 is 0 Å². The molecule has 0 unspecified atom stereocenters. The van der Waals surface area contributed by atoms with Crippen LogP contribution in [0.1, 0.15) is 40.5 Å². The van der Waals surface area contributed by atoms with Gasteiger partial charge in [0.15, 0.2) is 0 Å². The van der Waals surface area contributed by atoms with E-state index in [4.69, 9.17) is 4.18 Å². The van der Waals surface area contributed by atoms with Crippen LogP contribution in [0.25, 0.3) is 0 Å². The fraction of sp³-hybridized carbons (Fsp3) is 0.600. The Kier molecular flexibility index (Phi) is 4.77. The summed E-state index contributed by atoms with van der Waals surface area (Å²) in [6.07, 6.45) is 0.231. The molecule has 0 saturated carbocycles. The minimum Gasteiger partial charge on any atom is -0.263 e. The van der Waals surface area contributed by atoms with E-state index in [1.807, 2.05) is 27.7 Å². The third kappa shape index (κ3) is 3.71. The number of rotatable bonds is 3. The zero-order valence-electron chi connectivity index (χ0n) is 13.2. The lowest BCUT2D eigenvalue weighted by Gasteiger charge is -2.49. The molecular weight excluding hydrogens is 370 g/mol. The van der Waals surface area contributed by atoms with Gasteiger partial charge in [-0.15, -0.1) is 10.3 Å². The van der Waals surface area contributed by atoms with Crippen molar-refractivity contribution in [1.82, 2.24) is 5.06 Å². The lowest BCUT2D eigenvalue weighted by atomic mass is 9.80. The Hall–Kier alpha value is -0.470. The van der Waals surface area contributed by atoms with E-state index in [-0.39, 0.29) is 4.90 Å². The molecule has 7 heteroatoms. The predicted molar refractivity (Wildman–Crippen MR) is 86.1 cm³/mol. The van der Waals surface area contributed by atoms with Gasteiger partial charge in [0.25, 0.3) is 10.1 Å². The molecule has 1 saturated heterocycles. The second kappa shape index (κ2) is 5.87. The van der Waals surface area contributed by atoms with Crippen molar-refractivity contribution >= 4 is 26.0 Å². The summed E-state index contributed by atoms with van der Waals surface area (Å²) in [6, 6.07) is 6.31. The van der Waals surface area contributed by atoms with Gasteiger partial charge in [0, 0.05) is 15.6 Å². The molecule has 1 radical (unpaired) electrons. The Morgan fingerprint density at radius 2 is 1.55 bits per heavy atom. The monoisotopic (exact) mass is 390 g/mol. The van der Waals surface area contributed by atoms with Gasteiger partial charge in [0.1, 0.15) is 0 Å². The fourth-order valence-corrected chi connectivity index (χ4v) is 4.41. The van der Waals surface area contributed by atoms with E-state index in [9.17, 15) is 13.6 Å². The molecule has 5 nitrogen and oxygen atoms in total. The first-order valence-corrected chi connectivity index (χ1v) is 9.30. The first-order chi connectivity index (χ1) is 9.94. The van der Waals surface area contributed by atoms with E-state index < -0.39 is 27.3 Å². The van der Waals surface area contributed by atoms with Crippen LogP contribution in [0, 0.1) is 0 Å². The quantitative estimate of drug-likeness (QED) is 0.740. The van der Waals surface area contributed by atoms with Crippen LogP contribution in [0.15, 0.2) is 33.6 Å². The molecule has 123 valence electrons. The first kappa shape index (κ1) is 17.9. The van der Waals surface area contributed by atoms with E-state index >= 15 is 0 Å². The molecular formula is C15H21BrNO4S. The van der Waals surface area contributed by atoms with Crippen LogP contribution in [0.4, 0.5) is 0 Å². The van der Waals surface area contributed by atoms with Crippen LogP contribution in [0.3, 0.4) is 0 Å². The van der Waals surface area contributed by atoms with Crippen molar-refractivity contribution < 1.29 is 17.8 Å². The van der Waals surface area contributed by atoms with Gasteiger partial charge in [0.2, 0.25) is 0 Å². The lowest BCUT2D eigenvalue weighted by Crippen LogP contribution is -2.60. The average Bonchev–Trinajstić information content (AvgIpc) is 2.35. The lowest BCUT2D eigenvalue weighted by molar-refractivity contribution is -0.296. The minimum absolute atomic E-state index is 0.121. The number of halogens is 1. The normalized spacial score (nSPS) is 22.6. The Balaban J connectivity index is 2.21. The van der Waals surface area contributed by atoms with Crippen LogP contribution in [0.2, 0.25) is 0 Å². The van der Waals surface area contributed by atoms with Gasteiger partial charge in [-0.3, -0.25) is 4.18 Å². The SMILES string of the molecule is CC1(C)CC(OS(=O)(=O)c2ccc(Br)cc2)CC(C)(C)N1[O]. The third-order valence-electron chi connectivity index (χ3n) is 3.92. The number of hydrogen-bond donors (Lipinski definition) is 0. The molecule has 1 fully saturated rings. The number of piperidine rings is 1. The number of hydrogen-bond acceptors (Lipinski definition) is 4. The summed E-state index contributed by atoms with van der Waals surface area (Å²) in [5.74, 6) is 0. The van der Waals surface area contributed by atoms with Crippen LogP contribution in [-0.4, -0.2) is 30.7 Å². The van der Waals surface area contributed by atoms with Gasteiger partial charge in [-0.25, -0.2) is 0 Å². The zero-order chi connectivity index (χ0) is 16.8. The third-order valence-corrected chi connectivity index (χ3v) is 5.82. The fourth-order valence-electron chi connectivity index (χ4n) is 3.08. The maximum absolute atomic E-state index is 12.4. The largest absolute Gasteiger partial charge is 0.297 e. The van der Waals surface area contributed by atoms with Crippen molar-refractivity contribution in [3.63, 3.8) is 0 Å². The van der Waals surface area contributed by atoms with Gasteiger partial charge in [0.05, 0.1) is 11.0 Å². The Morgan fingerprint density at radius 1 is 1.09 bits per heavy atom. The van der Waals surface area contributed by atoms with Crippen molar-refractivity contribution in [2.45, 2.75) is 62.6 Å². The number of benzene rings is 1. The number of hydroxylamine groups is 2. The molecule has 1 aliphatic heterocycles. The van der Waals surface area contributed by atoms with Crippen LogP contribution in [-0.2, 0) is 19.5 Å². The standard InChI is InChI=1S/C15H21BrNO4S/c1-14(2)9-12(10-15(3,4)17(14)18)21-22(19,20)13-7-5-11(16)6-8-13/h5-8,12H,9-10H2,1-4H3. The molecule has 0 spiro atoms. The molecule has 0 aromatic heterocycles. The highest BCUT2D eigenvalue weighted by Gasteiger charge is 2.47. The summed E-state index contributed by atoms with van der Waals surface area (Å²) in [7, 11) is -3.84. The summed E-state index contributed by atoms with van der Waals surface area (Å²) in [4.78, 5) is 0.121. The van der Waals surface area contributed by atoms with Crippen molar-refractivity contribution in [2.24, 2.45) is 0 Å². The van der Waals surface area contributed by atoms with E-state index in [1.165, 1.54) is 12.1 Å². The van der Waals surface area contributed by atoms with E-state index in [2.05, 4.69) is 15.9 Å². The van der Waals surface area contributed by atoms with Crippen LogP contribution < -0.4 is 0 Å². The Labute approximate surface area is 140 Å². The molecule has 0 amide bonds. The molecule has 0 N–H and O–H groups in total. The van der Waals surface area contributed by atoms with Gasteiger partial charge < -0.3 is 0 Å². The summed E-state index contributed by atoms with van der Waals surface area (Å²) in [5.41, 5.74) is -1.33. The Bertz CT molecular complexity index is 622. The van der Waals surface area contributed by atoms with Crippen molar-refractivity contribution in [3.05, 3.63) is 28.7 Å². The molecule has 0 bridgehead atoms. The summed E-state index contributed by atoms with van der Waals surface area (Å²) < 4.78 is 31.0. The van der Waals surface area contributed by atoms with Crippen molar-refractivity contribution in [3.8, 4) is 0 Å². The smallest absolute Gasteiger partial charge is 0.263 e. The minimum atomic E-state index is -3.84. The maximum Gasteiger partial charge on any atom is 0.297 e. The molecule has 1 aliphatic rings. The van der Waals surface area contributed by atoms with Crippen molar-refractivity contribution in [2.75, 3.05) is 0 Å². The molecule has 0 aliphatic carbocycles. The molecule has 1 aromatic rings. The van der Waals surface area contributed by atoms with Gasteiger partial charge in [-0.05, 0) is 64.8 Å². The average molecular weight is 391 g/mol. The van der Waals surface area contributed by atoms with Crippen LogP contribution >= 0.6 is 15.9 Å². The number of nitrogens with zero attached hydrogens (tertiary/aromatic N) is 1. The zero-order valence-corrected chi connectivity index (χ0v) is 15.6. The van der Waals surface area contributed by atoms with Crippen LogP contribution in [0.5, 0.6) is 0 Å². The highest BCUT2D eigenvalue weighted by atomic mass is 79.9. The van der Waals surface area contributed by atoms with E-state index in [1.54, 1.807) is 12.1 Å². The predicted octanol–water partition coefficient (Wildman–Crippen LogP) is 3.52. The van der Waals surface area contributed by atoms with E-state index in [0.29, 0.717) is 12.8 Å². The van der Waals surface area contributed by atoms with Crippen molar-refractivity contribution in [1.29, 1.82) is 0 Å². The molecule has 22 heavy (non-hydrogen) atoms. The molecule has 1 heterocycles. The second-order valence-electron chi connectivity index (χ2n) is 6.95. The second-order valence-corrected chi connectivity index (χ2v) is 9.44. The van der Waals surface area contributed by atoms with Gasteiger partial charge in [-0.2, -0.15) is 8.42 Å². The highest BCUT2D eigenvalue weighted by Crippen LogP contribution is 2.39. The summed E-state index contributed by atoms with van der Waals surface area (Å²) in [6.45, 7) is 7.24. The topological polar surface area (TPSA) is 66.5 Å². The molecule has 1 aromatic carbocycles. The molecule has 0 atom stereocenters. The Morgan fingerprint density at radius 3 is 2.00 bits per heavy atom. The van der Waals surface area contributed by atoms with Gasteiger partial charge in [-0.1, -0.05) is 15.9 Å². The summed E-state index contributed by atoms with van der Waals surface area (Å²) >= 11 is 3.27. The highest BCUT2D eigenvalue weighted by molar-refractivity contribution is 9.10.